The van der Waals surface area contributed by atoms with Crippen molar-refractivity contribution in [1.82, 2.24) is 15.0 Å². The maximum absolute atomic E-state index is 14.3. The van der Waals surface area contributed by atoms with Crippen LogP contribution in [-0.4, -0.2) is 32.5 Å². The number of ketones is 1. The van der Waals surface area contributed by atoms with Gasteiger partial charge in [0.25, 0.3) is 0 Å². The number of alkyl halides is 3. The predicted octanol–water partition coefficient (Wildman–Crippen LogP) is 6.83. The molecule has 3 rings (SSSR count). The molecule has 1 saturated carbocycles. The number of halogens is 4. The molecule has 0 radical (unpaired) electrons. The zero-order valence-corrected chi connectivity index (χ0v) is 22.4. The van der Waals surface area contributed by atoms with Crippen LogP contribution in [0.15, 0.2) is 18.2 Å². The number of carbonyl (C=O) groups excluding carboxylic acids is 1. The highest BCUT2D eigenvalue weighted by Gasteiger charge is 2.45. The maximum atomic E-state index is 14.3. The van der Waals surface area contributed by atoms with Gasteiger partial charge in [0.2, 0.25) is 0 Å². The molecule has 1 atom stereocenters. The maximum Gasteiger partial charge on any atom is 0.434 e. The summed E-state index contributed by atoms with van der Waals surface area (Å²) in [5.41, 5.74) is -0.142. The van der Waals surface area contributed by atoms with Gasteiger partial charge < -0.3 is 5.11 Å². The summed E-state index contributed by atoms with van der Waals surface area (Å²) in [6.07, 6.45) is -2.62. The zero-order chi connectivity index (χ0) is 27.5. The smallest absolute Gasteiger partial charge is 0.396 e. The molecule has 0 unspecified atom stereocenters. The summed E-state index contributed by atoms with van der Waals surface area (Å²) in [6.45, 7) is 10.2. The molecule has 1 aromatic heterocycles. The summed E-state index contributed by atoms with van der Waals surface area (Å²) in [7, 11) is 0. The third-order valence-corrected chi connectivity index (χ3v) is 8.09. The molecule has 1 heterocycles. The van der Waals surface area contributed by atoms with Crippen molar-refractivity contribution in [2.75, 3.05) is 6.61 Å². The molecule has 0 bridgehead atoms. The molecule has 9 heteroatoms. The van der Waals surface area contributed by atoms with Crippen molar-refractivity contribution in [3.05, 3.63) is 46.5 Å². The topological polar surface area (TPSA) is 68.0 Å². The number of hydrogen-bond acceptors (Lipinski definition) is 4. The normalized spacial score (nSPS) is 19.2. The molecule has 0 amide bonds. The van der Waals surface area contributed by atoms with Crippen molar-refractivity contribution in [1.29, 1.82) is 0 Å². The van der Waals surface area contributed by atoms with Crippen molar-refractivity contribution < 1.29 is 27.5 Å². The fraction of sp³-hybridized carbons (Fsp3) is 0.679. The van der Waals surface area contributed by atoms with Crippen LogP contribution in [0.2, 0.25) is 0 Å². The lowest BCUT2D eigenvalue weighted by Gasteiger charge is -2.42. The number of nitrogens with zero attached hydrogens (tertiary/aromatic N) is 3. The van der Waals surface area contributed by atoms with E-state index in [1.54, 1.807) is 13.0 Å². The van der Waals surface area contributed by atoms with Gasteiger partial charge in [-0.25, -0.2) is 9.07 Å². The van der Waals surface area contributed by atoms with E-state index in [2.05, 4.69) is 38.0 Å². The molecule has 0 saturated heterocycles. The van der Waals surface area contributed by atoms with Crippen LogP contribution in [0.1, 0.15) is 101 Å². The summed E-state index contributed by atoms with van der Waals surface area (Å²) in [4.78, 5) is 12.8. The first-order chi connectivity index (χ1) is 17.2. The van der Waals surface area contributed by atoms with E-state index in [1.807, 2.05) is 0 Å². The van der Waals surface area contributed by atoms with Gasteiger partial charge in [-0.1, -0.05) is 45.0 Å². The zero-order valence-electron chi connectivity index (χ0n) is 22.4. The van der Waals surface area contributed by atoms with E-state index in [-0.39, 0.29) is 60.8 Å². The van der Waals surface area contributed by atoms with Crippen molar-refractivity contribution in [3.63, 3.8) is 0 Å². The Bertz CT molecular complexity index is 1070. The number of rotatable bonds is 12. The van der Waals surface area contributed by atoms with Crippen LogP contribution in [0.5, 0.6) is 0 Å². The molecular weight excluding hydrogens is 486 g/mol. The second kappa shape index (κ2) is 11.6. The Hall–Kier alpha value is -2.29. The van der Waals surface area contributed by atoms with Gasteiger partial charge in [-0.3, -0.25) is 4.79 Å². The van der Waals surface area contributed by atoms with Gasteiger partial charge in [-0.2, -0.15) is 13.2 Å². The fourth-order valence-electron chi connectivity index (χ4n) is 5.19. The minimum atomic E-state index is -4.69. The van der Waals surface area contributed by atoms with E-state index in [9.17, 15) is 27.5 Å². The van der Waals surface area contributed by atoms with Crippen molar-refractivity contribution in [3.8, 4) is 0 Å². The lowest BCUT2D eigenvalue weighted by atomic mass is 9.67. The van der Waals surface area contributed by atoms with E-state index in [4.69, 9.17) is 0 Å². The molecule has 1 aliphatic carbocycles. The largest absolute Gasteiger partial charge is 0.434 e. The Balaban J connectivity index is 1.81. The van der Waals surface area contributed by atoms with Gasteiger partial charge >= 0.3 is 6.18 Å². The Morgan fingerprint density at radius 3 is 2.46 bits per heavy atom. The second-order valence-corrected chi connectivity index (χ2v) is 11.7. The Labute approximate surface area is 216 Å². The number of aryl methyl sites for hydroxylation is 1. The summed E-state index contributed by atoms with van der Waals surface area (Å²) < 4.78 is 58.2. The molecule has 5 nitrogen and oxygen atoms in total. The van der Waals surface area contributed by atoms with Crippen LogP contribution in [0, 0.1) is 30.0 Å². The summed E-state index contributed by atoms with van der Waals surface area (Å²) in [5, 5.41) is 17.2. The van der Waals surface area contributed by atoms with Gasteiger partial charge in [-0.05, 0) is 73.5 Å². The number of Topliss-reactive ketones (excluding diaryl/α,β-unsaturated/α-hetero) is 1. The quantitative estimate of drug-likeness (QED) is 0.309. The van der Waals surface area contributed by atoms with Gasteiger partial charge in [0, 0.05) is 25.4 Å². The molecule has 0 aliphatic heterocycles. The highest BCUT2D eigenvalue weighted by Crippen LogP contribution is 2.48. The number of aromatic nitrogens is 3. The van der Waals surface area contributed by atoms with Gasteiger partial charge in [0.05, 0.1) is 11.7 Å². The summed E-state index contributed by atoms with van der Waals surface area (Å²) in [6, 6.07) is 4.15. The first-order valence-electron chi connectivity index (χ1n) is 13.1. The van der Waals surface area contributed by atoms with Gasteiger partial charge in [0.1, 0.15) is 11.6 Å². The average Bonchev–Trinajstić information content (AvgIpc) is 3.20. The third-order valence-electron chi connectivity index (χ3n) is 8.09. The van der Waals surface area contributed by atoms with Crippen LogP contribution in [0.3, 0.4) is 0 Å². The van der Waals surface area contributed by atoms with Crippen molar-refractivity contribution in [2.45, 2.75) is 97.7 Å². The number of carbonyl (C=O) groups is 1. The molecule has 206 valence electrons. The predicted molar refractivity (Wildman–Crippen MR) is 134 cm³/mol. The first kappa shape index (κ1) is 29.3. The highest BCUT2D eigenvalue weighted by molar-refractivity contribution is 5.81. The third kappa shape index (κ3) is 7.18. The molecule has 1 fully saturated rings. The Morgan fingerprint density at radius 2 is 1.89 bits per heavy atom. The minimum Gasteiger partial charge on any atom is -0.396 e. The molecule has 1 aliphatic rings. The lowest BCUT2D eigenvalue weighted by molar-refractivity contribution is -0.147. The van der Waals surface area contributed by atoms with Crippen LogP contribution < -0.4 is 0 Å². The highest BCUT2D eigenvalue weighted by atomic mass is 19.4. The molecule has 0 spiro atoms. The van der Waals surface area contributed by atoms with Crippen LogP contribution in [0.25, 0.3) is 0 Å². The fourth-order valence-corrected chi connectivity index (χ4v) is 5.19. The molecule has 2 aromatic rings. The minimum absolute atomic E-state index is 0.0999. The Morgan fingerprint density at radius 1 is 1.22 bits per heavy atom. The van der Waals surface area contributed by atoms with Crippen molar-refractivity contribution >= 4 is 5.78 Å². The van der Waals surface area contributed by atoms with Crippen molar-refractivity contribution in [2.24, 2.45) is 17.3 Å². The molecular formula is C28H39F4N3O2. The number of hydrogen-bond donors (Lipinski definition) is 1. The van der Waals surface area contributed by atoms with E-state index < -0.39 is 23.6 Å². The van der Waals surface area contributed by atoms with Gasteiger partial charge in [0.15, 0.2) is 5.69 Å². The van der Waals surface area contributed by atoms with Crippen LogP contribution in [0.4, 0.5) is 17.6 Å². The average molecular weight is 526 g/mol. The monoisotopic (exact) mass is 525 g/mol. The molecule has 1 aromatic carbocycles. The van der Waals surface area contributed by atoms with E-state index in [0.29, 0.717) is 30.2 Å². The van der Waals surface area contributed by atoms with E-state index in [1.165, 1.54) is 12.1 Å². The van der Waals surface area contributed by atoms with Gasteiger partial charge in [-0.15, -0.1) is 5.10 Å². The number of aliphatic hydroxyl groups excluding tert-OH is 1. The summed E-state index contributed by atoms with van der Waals surface area (Å²) >= 11 is 0. The standard InChI is InChI=1S/C28H39F4N3O2/c1-17(2)27(4,5)16-19-12-22(13-19)35-26(28(30,31)32)25(33-34-35)21(7-6-10-36)15-23(37)14-20-9-8-18(3)11-24(20)29/h8-9,11,17,19,21-22,36H,6-7,10,12-16H2,1-5H3/t19?,21-,22?/m0/s1. The van der Waals surface area contributed by atoms with E-state index >= 15 is 0 Å². The molecule has 37 heavy (non-hydrogen) atoms. The number of aliphatic hydroxyl groups is 1. The Kier molecular flexibility index (Phi) is 9.19. The molecule has 1 N–H and O–H groups in total. The SMILES string of the molecule is Cc1ccc(CC(=O)C[C@H](CCCO)c2nnn(C3CC(CC(C)(C)C(C)C)C3)c2C(F)(F)F)c(F)c1. The summed E-state index contributed by atoms with van der Waals surface area (Å²) in [5.74, 6) is -0.967. The lowest BCUT2D eigenvalue weighted by Crippen LogP contribution is -2.34. The van der Waals surface area contributed by atoms with Crippen LogP contribution in [-0.2, 0) is 17.4 Å². The van der Waals surface area contributed by atoms with Crippen LogP contribution >= 0.6 is 0 Å². The van der Waals surface area contributed by atoms with E-state index in [0.717, 1.165) is 11.1 Å². The first-order valence-corrected chi connectivity index (χ1v) is 13.1. The number of benzene rings is 1. The second-order valence-electron chi connectivity index (χ2n) is 11.7.